The molecule has 0 bridgehead atoms. The first-order valence-electron chi connectivity index (χ1n) is 24.4. The molecule has 6 rings (SSSR count). The van der Waals surface area contributed by atoms with E-state index in [1.807, 2.05) is 98.8 Å². The molecule has 4 aromatic carbocycles. The number of unbranched alkanes of at least 4 members (excludes halogenated alkanes) is 2. The van der Waals surface area contributed by atoms with Crippen molar-refractivity contribution in [2.75, 3.05) is 38.1 Å². The molecule has 6 atom stereocenters. The molecule has 0 saturated carbocycles. The summed E-state index contributed by atoms with van der Waals surface area (Å²) in [5.74, 6) is -3.95. The molecule has 7 N–H and O–H groups in total. The summed E-state index contributed by atoms with van der Waals surface area (Å²) < 4.78 is 25.4. The zero-order chi connectivity index (χ0) is 50.8. The van der Waals surface area contributed by atoms with Crippen molar-refractivity contribution >= 4 is 72.0 Å². The number of aliphatic carboxylic acids is 2. The quantitative estimate of drug-likeness (QED) is 0.0361. The van der Waals surface area contributed by atoms with E-state index in [0.29, 0.717) is 77.3 Å². The van der Waals surface area contributed by atoms with Gasteiger partial charge in [-0.3, -0.25) is 28.3 Å². The van der Waals surface area contributed by atoms with E-state index in [-0.39, 0.29) is 37.4 Å². The van der Waals surface area contributed by atoms with Crippen molar-refractivity contribution in [1.29, 1.82) is 0 Å². The van der Waals surface area contributed by atoms with Crippen LogP contribution in [0.3, 0.4) is 0 Å². The Morgan fingerprint density at radius 2 is 1.06 bits per heavy atom. The largest absolute Gasteiger partial charge is 0.480 e. The first-order chi connectivity index (χ1) is 33.4. The van der Waals surface area contributed by atoms with Gasteiger partial charge in [-0.25, -0.2) is 14.7 Å². The number of carbonyl (C=O) groups excluding carboxylic acids is 4. The van der Waals surface area contributed by atoms with Gasteiger partial charge in [0, 0.05) is 38.0 Å². The van der Waals surface area contributed by atoms with Crippen LogP contribution in [0.2, 0.25) is 0 Å². The lowest BCUT2D eigenvalue weighted by Crippen LogP contribution is -2.52. The molecule has 2 aliphatic heterocycles. The van der Waals surface area contributed by atoms with Crippen LogP contribution in [0.4, 0.5) is 0 Å². The number of aryl methyl sites for hydroxylation is 2. The smallest absolute Gasteiger partial charge is 0.326 e. The summed E-state index contributed by atoms with van der Waals surface area (Å²) in [5, 5.41) is 30.7. The second-order valence-corrected chi connectivity index (χ2v) is 23.0. The van der Waals surface area contributed by atoms with Crippen LogP contribution in [0.15, 0.2) is 84.9 Å². The van der Waals surface area contributed by atoms with Gasteiger partial charge >= 0.3 is 11.9 Å². The summed E-state index contributed by atoms with van der Waals surface area (Å²) in [7, 11) is -7.31. The molecule has 4 aromatic rings. The van der Waals surface area contributed by atoms with Crippen molar-refractivity contribution in [2.45, 2.75) is 121 Å². The van der Waals surface area contributed by atoms with Crippen LogP contribution in [0.5, 0.6) is 0 Å². The van der Waals surface area contributed by atoms with Gasteiger partial charge in [0.25, 0.3) is 7.52 Å². The Labute approximate surface area is 409 Å². The maximum atomic E-state index is 12.8. The fourth-order valence-corrected chi connectivity index (χ4v) is 11.3. The Hall–Kier alpha value is -5.44. The molecule has 2 heterocycles. The standard InChI is InChI=1S/C26H35N2O6P.C25H34N3O6P/c1-2-3-9-22(26(31)32)27-25(30)23-10-6-15-28(23)24(29)14-17-35(33,34)16-13-19-11-12-20-7-4-5-8-21(20)18-19;1-2-3-9-21(25(31)32)27-24(30)22-10-6-14-28(22)23(29)17-26-35(33,34)15-13-18-11-12-19-7-4-5-8-20(19)16-18/h4-5,7-8,11-12,18,22-23H,2-3,6,9-10,13-17H2,1H3,(H,27,30)(H,31,32)(H,33,34);4-5,7-8,11-12,16,21-22H,2-3,6,9-10,13-15,17H2,1H3,(H,27,30)(H,31,32)(H2,26,33,34)/t22-,23-;21-,22-/m00/s1. The molecule has 0 radical (unpaired) electrons. The number of carbonyl (C=O) groups is 6. The van der Waals surface area contributed by atoms with Crippen molar-refractivity contribution in [3.63, 3.8) is 0 Å². The summed E-state index contributed by atoms with van der Waals surface area (Å²) in [5.41, 5.74) is 1.90. The number of fused-ring (bicyclic) bond motifs is 2. The first kappa shape index (κ1) is 55.5. The lowest BCUT2D eigenvalue weighted by molar-refractivity contribution is -0.144. The van der Waals surface area contributed by atoms with Crippen LogP contribution in [-0.4, -0.2) is 128 Å². The van der Waals surface area contributed by atoms with Crippen LogP contribution in [0.1, 0.15) is 95.6 Å². The maximum Gasteiger partial charge on any atom is 0.326 e. The van der Waals surface area contributed by atoms with E-state index in [9.17, 15) is 57.9 Å². The highest BCUT2D eigenvalue weighted by Gasteiger charge is 2.38. The third kappa shape index (κ3) is 16.9. The number of nitrogens with zero attached hydrogens (tertiary/aromatic N) is 2. The second kappa shape index (κ2) is 26.7. The number of carboxylic acids is 2. The monoisotopic (exact) mass is 1010 g/mol. The van der Waals surface area contributed by atoms with E-state index < -0.39 is 68.7 Å². The van der Waals surface area contributed by atoms with Gasteiger partial charge in [0.1, 0.15) is 24.2 Å². The summed E-state index contributed by atoms with van der Waals surface area (Å²) in [6.07, 6.45) is 6.36. The van der Waals surface area contributed by atoms with Gasteiger partial charge in [0.15, 0.2) is 0 Å². The molecular formula is C51H69N5O12P2. The van der Waals surface area contributed by atoms with Crippen molar-refractivity contribution in [2.24, 2.45) is 0 Å². The van der Waals surface area contributed by atoms with E-state index in [1.165, 1.54) is 9.80 Å². The molecule has 70 heavy (non-hydrogen) atoms. The van der Waals surface area contributed by atoms with Gasteiger partial charge in [-0.15, -0.1) is 0 Å². The molecule has 2 saturated heterocycles. The highest BCUT2D eigenvalue weighted by Crippen LogP contribution is 2.42. The third-order valence-electron chi connectivity index (χ3n) is 12.9. The summed E-state index contributed by atoms with van der Waals surface area (Å²) in [4.78, 5) is 97.5. The van der Waals surface area contributed by atoms with E-state index in [1.54, 1.807) is 0 Å². The van der Waals surface area contributed by atoms with E-state index >= 15 is 0 Å². The average Bonchev–Trinajstić information content (AvgIpc) is 4.06. The zero-order valence-electron chi connectivity index (χ0n) is 40.2. The minimum Gasteiger partial charge on any atom is -0.480 e. The van der Waals surface area contributed by atoms with Crippen molar-refractivity contribution in [3.8, 4) is 0 Å². The van der Waals surface area contributed by atoms with Crippen LogP contribution in [0, 0.1) is 0 Å². The van der Waals surface area contributed by atoms with Crippen molar-refractivity contribution < 1.29 is 57.9 Å². The van der Waals surface area contributed by atoms with Gasteiger partial charge < -0.3 is 40.4 Å². The number of benzene rings is 4. The minimum atomic E-state index is -3.78. The molecule has 0 spiro atoms. The SMILES string of the molecule is CCCC[C@H](NC(=O)[C@@H]1CCCN1C(=O)CCP(=O)(O)CCc1ccc2ccccc2c1)C(=O)O.CCCC[C@H](NC(=O)[C@@H]1CCCN1C(=O)CNP(=O)(O)CCc1ccc2ccccc2c1)C(=O)O. The van der Waals surface area contributed by atoms with Gasteiger partial charge in [0.05, 0.1) is 6.54 Å². The first-order valence-corrected chi connectivity index (χ1v) is 28.3. The normalized spacial score (nSPS) is 18.2. The van der Waals surface area contributed by atoms with Crippen LogP contribution >= 0.6 is 14.9 Å². The Bertz CT molecular complexity index is 2390. The van der Waals surface area contributed by atoms with Crippen molar-refractivity contribution in [1.82, 2.24) is 25.5 Å². The second-order valence-electron chi connectivity index (χ2n) is 18.2. The summed E-state index contributed by atoms with van der Waals surface area (Å²) >= 11 is 0. The van der Waals surface area contributed by atoms with Gasteiger partial charge in [-0.05, 0) is 84.0 Å². The number of rotatable bonds is 24. The fraction of sp³-hybridized carbons (Fsp3) is 0.490. The number of nitrogens with one attached hydrogen (secondary N) is 3. The average molecular weight is 1010 g/mol. The summed E-state index contributed by atoms with van der Waals surface area (Å²) in [6, 6.07) is 24.2. The zero-order valence-corrected chi connectivity index (χ0v) is 42.0. The molecule has 2 fully saturated rings. The number of likely N-dealkylation sites (tertiary alicyclic amines) is 2. The minimum absolute atomic E-state index is 0.0275. The molecule has 19 heteroatoms. The molecule has 2 unspecified atom stereocenters. The third-order valence-corrected chi connectivity index (χ3v) is 16.2. The number of hydrogen-bond acceptors (Lipinski definition) is 8. The predicted octanol–water partition coefficient (Wildman–Crippen LogP) is 6.70. The fourth-order valence-electron chi connectivity index (χ4n) is 8.81. The van der Waals surface area contributed by atoms with E-state index in [2.05, 4.69) is 15.7 Å². The molecule has 0 aromatic heterocycles. The Balaban J connectivity index is 0.000000261. The Kier molecular flexibility index (Phi) is 21.1. The van der Waals surface area contributed by atoms with Gasteiger partial charge in [0.2, 0.25) is 31.0 Å². The van der Waals surface area contributed by atoms with E-state index in [0.717, 1.165) is 45.5 Å². The molecule has 4 amide bonds. The Morgan fingerprint density at radius 3 is 1.51 bits per heavy atom. The van der Waals surface area contributed by atoms with Crippen LogP contribution in [0.25, 0.3) is 21.5 Å². The number of hydrogen-bond donors (Lipinski definition) is 7. The van der Waals surface area contributed by atoms with Gasteiger partial charge in [-0.1, -0.05) is 124 Å². The molecular weight excluding hydrogens is 937 g/mol. The maximum absolute atomic E-state index is 12.8. The van der Waals surface area contributed by atoms with Crippen LogP contribution < -0.4 is 15.7 Å². The summed E-state index contributed by atoms with van der Waals surface area (Å²) in [6.45, 7) is 4.24. The predicted molar refractivity (Wildman–Crippen MR) is 270 cm³/mol. The lowest BCUT2D eigenvalue weighted by atomic mass is 10.1. The Morgan fingerprint density at radius 1 is 0.614 bits per heavy atom. The highest BCUT2D eigenvalue weighted by molar-refractivity contribution is 7.58. The number of carboxylic acid groups (broad SMARTS) is 2. The lowest BCUT2D eigenvalue weighted by Gasteiger charge is -2.26. The topological polar surface area (TPSA) is 260 Å². The molecule has 380 valence electrons. The number of amides is 4. The molecule has 17 nitrogen and oxygen atoms in total. The van der Waals surface area contributed by atoms with Crippen LogP contribution in [-0.2, 0) is 50.7 Å². The van der Waals surface area contributed by atoms with Crippen molar-refractivity contribution in [3.05, 3.63) is 96.1 Å². The molecule has 2 aliphatic rings. The van der Waals surface area contributed by atoms with Gasteiger partial charge in [-0.2, -0.15) is 0 Å². The van der Waals surface area contributed by atoms with E-state index in [4.69, 9.17) is 0 Å². The highest BCUT2D eigenvalue weighted by atomic mass is 31.2. The molecule has 0 aliphatic carbocycles.